The molecule has 1 aromatic carbocycles. The molecule has 0 unspecified atom stereocenters. The monoisotopic (exact) mass is 273 g/mol. The van der Waals surface area contributed by atoms with Crippen molar-refractivity contribution in [3.63, 3.8) is 0 Å². The minimum atomic E-state index is 0.443. The number of aromatic nitrogens is 1. The van der Waals surface area contributed by atoms with Crippen molar-refractivity contribution >= 4 is 17.4 Å². The number of hydrogen-bond acceptors (Lipinski definition) is 3. The van der Waals surface area contributed by atoms with Gasteiger partial charge in [0.05, 0.1) is 5.02 Å². The molecule has 0 saturated carbocycles. The topological polar surface area (TPSA) is 42.1 Å². The Morgan fingerprint density at radius 3 is 2.79 bits per heavy atom. The fraction of sp³-hybridized carbons (Fsp3) is 0.267. The number of fused-ring (bicyclic) bond motifs is 1. The molecule has 98 valence electrons. The zero-order chi connectivity index (χ0) is 13.2. The number of benzene rings is 1. The van der Waals surface area contributed by atoms with Gasteiger partial charge in [0, 0.05) is 25.8 Å². The third-order valence-corrected chi connectivity index (χ3v) is 4.01. The van der Waals surface area contributed by atoms with E-state index in [0.29, 0.717) is 11.6 Å². The Morgan fingerprint density at radius 1 is 1.21 bits per heavy atom. The van der Waals surface area contributed by atoms with Crippen LogP contribution in [0.3, 0.4) is 0 Å². The van der Waals surface area contributed by atoms with Crippen LogP contribution in [0.4, 0.5) is 5.82 Å². The molecule has 4 heteroatoms. The minimum Gasteiger partial charge on any atom is -0.351 e. The normalized spacial score (nSPS) is 14.3. The second-order valence-corrected chi connectivity index (χ2v) is 5.13. The number of hydrogen-bond donors (Lipinski definition) is 1. The molecule has 0 saturated heterocycles. The van der Waals surface area contributed by atoms with Gasteiger partial charge in [-0.25, -0.2) is 4.98 Å². The van der Waals surface area contributed by atoms with Crippen molar-refractivity contribution in [3.8, 4) is 0 Å². The molecule has 3 nitrogen and oxygen atoms in total. The number of halogens is 1. The molecule has 0 bridgehead atoms. The Balaban J connectivity index is 1.93. The molecule has 2 heterocycles. The van der Waals surface area contributed by atoms with Gasteiger partial charge in [0.2, 0.25) is 0 Å². The quantitative estimate of drug-likeness (QED) is 0.915. The third-order valence-electron chi connectivity index (χ3n) is 3.60. The SMILES string of the molecule is NCc1ccnc(N2CCc3ccccc3C2)c1Cl. The summed E-state index contributed by atoms with van der Waals surface area (Å²) in [5.41, 5.74) is 9.42. The van der Waals surface area contributed by atoms with Crippen LogP contribution < -0.4 is 10.6 Å². The lowest BCUT2D eigenvalue weighted by molar-refractivity contribution is 0.720. The van der Waals surface area contributed by atoms with E-state index in [0.717, 1.165) is 30.9 Å². The highest BCUT2D eigenvalue weighted by Crippen LogP contribution is 2.30. The Hall–Kier alpha value is -1.58. The summed E-state index contributed by atoms with van der Waals surface area (Å²) in [6.07, 6.45) is 2.81. The lowest BCUT2D eigenvalue weighted by Gasteiger charge is -2.30. The van der Waals surface area contributed by atoms with Crippen LogP contribution in [0, 0.1) is 0 Å². The summed E-state index contributed by atoms with van der Waals surface area (Å²) in [6.45, 7) is 2.24. The van der Waals surface area contributed by atoms with Gasteiger partial charge in [-0.15, -0.1) is 0 Å². The van der Waals surface area contributed by atoms with E-state index in [1.807, 2.05) is 6.07 Å². The molecule has 0 atom stereocenters. The van der Waals surface area contributed by atoms with E-state index in [2.05, 4.69) is 34.1 Å². The summed E-state index contributed by atoms with van der Waals surface area (Å²) < 4.78 is 0. The van der Waals surface area contributed by atoms with Gasteiger partial charge >= 0.3 is 0 Å². The van der Waals surface area contributed by atoms with Crippen molar-refractivity contribution in [2.45, 2.75) is 19.5 Å². The summed E-state index contributed by atoms with van der Waals surface area (Å²) in [5, 5.41) is 0.685. The standard InChI is InChI=1S/C15H16ClN3/c16-14-12(9-17)5-7-18-15(14)19-8-6-11-3-1-2-4-13(11)10-19/h1-5,7H,6,8-10,17H2. The molecule has 19 heavy (non-hydrogen) atoms. The van der Waals surface area contributed by atoms with Gasteiger partial charge in [-0.05, 0) is 29.2 Å². The van der Waals surface area contributed by atoms with Crippen molar-refractivity contribution in [1.82, 2.24) is 4.98 Å². The summed E-state index contributed by atoms with van der Waals surface area (Å²) in [4.78, 5) is 6.65. The average molecular weight is 274 g/mol. The lowest BCUT2D eigenvalue weighted by atomic mass is 10.00. The van der Waals surface area contributed by atoms with Crippen LogP contribution in [-0.2, 0) is 19.5 Å². The molecular formula is C15H16ClN3. The highest BCUT2D eigenvalue weighted by molar-refractivity contribution is 6.33. The predicted molar refractivity (Wildman–Crippen MR) is 78.3 cm³/mol. The van der Waals surface area contributed by atoms with E-state index in [-0.39, 0.29) is 0 Å². The van der Waals surface area contributed by atoms with Crippen LogP contribution >= 0.6 is 11.6 Å². The molecule has 0 radical (unpaired) electrons. The highest BCUT2D eigenvalue weighted by Gasteiger charge is 2.19. The van der Waals surface area contributed by atoms with E-state index in [1.165, 1.54) is 11.1 Å². The molecule has 0 aliphatic carbocycles. The zero-order valence-electron chi connectivity index (χ0n) is 10.6. The summed E-state index contributed by atoms with van der Waals surface area (Å²) in [5.74, 6) is 0.846. The van der Waals surface area contributed by atoms with E-state index >= 15 is 0 Å². The van der Waals surface area contributed by atoms with E-state index in [4.69, 9.17) is 17.3 Å². The van der Waals surface area contributed by atoms with Crippen LogP contribution in [0.25, 0.3) is 0 Å². The van der Waals surface area contributed by atoms with Crippen molar-refractivity contribution < 1.29 is 0 Å². The molecule has 0 amide bonds. The van der Waals surface area contributed by atoms with Gasteiger partial charge < -0.3 is 10.6 Å². The first-order valence-electron chi connectivity index (χ1n) is 6.45. The number of nitrogens with two attached hydrogens (primary N) is 1. The van der Waals surface area contributed by atoms with Crippen molar-refractivity contribution in [1.29, 1.82) is 0 Å². The molecular weight excluding hydrogens is 258 g/mol. The van der Waals surface area contributed by atoms with Crippen LogP contribution in [-0.4, -0.2) is 11.5 Å². The maximum absolute atomic E-state index is 6.39. The fourth-order valence-electron chi connectivity index (χ4n) is 2.53. The molecule has 1 aliphatic heterocycles. The average Bonchev–Trinajstić information content (AvgIpc) is 2.47. The first-order chi connectivity index (χ1) is 9.29. The van der Waals surface area contributed by atoms with Crippen LogP contribution in [0.2, 0.25) is 5.02 Å². The van der Waals surface area contributed by atoms with Gasteiger partial charge in [0.1, 0.15) is 5.82 Å². The van der Waals surface area contributed by atoms with Crippen molar-refractivity contribution in [3.05, 3.63) is 58.2 Å². The Bertz CT molecular complexity index is 598. The predicted octanol–water partition coefficient (Wildman–Crippen LogP) is 2.76. The van der Waals surface area contributed by atoms with Crippen LogP contribution in [0.15, 0.2) is 36.5 Å². The molecule has 1 aliphatic rings. The second-order valence-electron chi connectivity index (χ2n) is 4.75. The number of pyridine rings is 1. The molecule has 1 aromatic heterocycles. The van der Waals surface area contributed by atoms with Gasteiger partial charge in [-0.1, -0.05) is 35.9 Å². The Labute approximate surface area is 118 Å². The molecule has 3 rings (SSSR count). The van der Waals surface area contributed by atoms with Gasteiger partial charge in [-0.2, -0.15) is 0 Å². The highest BCUT2D eigenvalue weighted by atomic mass is 35.5. The molecule has 0 fully saturated rings. The van der Waals surface area contributed by atoms with Crippen molar-refractivity contribution in [2.24, 2.45) is 5.73 Å². The largest absolute Gasteiger partial charge is 0.351 e. The third kappa shape index (κ3) is 2.31. The number of nitrogens with zero attached hydrogens (tertiary/aromatic N) is 2. The van der Waals surface area contributed by atoms with Crippen LogP contribution in [0.5, 0.6) is 0 Å². The summed E-state index contributed by atoms with van der Waals surface area (Å²) >= 11 is 6.39. The maximum Gasteiger partial charge on any atom is 0.147 e. The summed E-state index contributed by atoms with van der Waals surface area (Å²) in [7, 11) is 0. The Morgan fingerprint density at radius 2 is 2.00 bits per heavy atom. The lowest BCUT2D eigenvalue weighted by Crippen LogP contribution is -2.31. The van der Waals surface area contributed by atoms with Gasteiger partial charge in [0.25, 0.3) is 0 Å². The van der Waals surface area contributed by atoms with Crippen molar-refractivity contribution in [2.75, 3.05) is 11.4 Å². The molecule has 2 N–H and O–H groups in total. The molecule has 2 aromatic rings. The molecule has 0 spiro atoms. The first kappa shape index (κ1) is 12.5. The van der Waals surface area contributed by atoms with Gasteiger partial charge in [-0.3, -0.25) is 0 Å². The van der Waals surface area contributed by atoms with E-state index < -0.39 is 0 Å². The minimum absolute atomic E-state index is 0.443. The smallest absolute Gasteiger partial charge is 0.147 e. The van der Waals surface area contributed by atoms with E-state index in [1.54, 1.807) is 6.20 Å². The Kier molecular flexibility index (Phi) is 3.40. The number of rotatable bonds is 2. The van der Waals surface area contributed by atoms with E-state index in [9.17, 15) is 0 Å². The maximum atomic E-state index is 6.39. The number of anilines is 1. The van der Waals surface area contributed by atoms with Gasteiger partial charge in [0.15, 0.2) is 0 Å². The fourth-order valence-corrected chi connectivity index (χ4v) is 2.83. The first-order valence-corrected chi connectivity index (χ1v) is 6.82. The zero-order valence-corrected chi connectivity index (χ0v) is 11.4. The van der Waals surface area contributed by atoms with Crippen LogP contribution in [0.1, 0.15) is 16.7 Å². The summed E-state index contributed by atoms with van der Waals surface area (Å²) in [6, 6.07) is 10.4. The second kappa shape index (κ2) is 5.19.